The van der Waals surface area contributed by atoms with E-state index in [9.17, 15) is 19.5 Å². The number of esters is 1. The smallest absolute Gasteiger partial charge is 0.310 e. The number of halogens is 1. The van der Waals surface area contributed by atoms with Crippen molar-refractivity contribution in [3.63, 3.8) is 0 Å². The SMILES string of the molecule is C=CCCCCOC(=O)[C@H]1[C@@H]2SC3(CC2Br)C(C(=O)N(CC=C)c2ccc(N(CC)CC)cc2)N(CCO)C(=O)[C@H]13. The summed E-state index contributed by atoms with van der Waals surface area (Å²) in [4.78, 5) is 47.3. The predicted molar refractivity (Wildman–Crippen MR) is 169 cm³/mol. The molecule has 2 bridgehead atoms. The van der Waals surface area contributed by atoms with Crippen LogP contribution in [-0.2, 0) is 19.1 Å². The maximum Gasteiger partial charge on any atom is 0.310 e. The molecule has 1 spiro atoms. The van der Waals surface area contributed by atoms with Gasteiger partial charge in [0.05, 0.1) is 29.8 Å². The summed E-state index contributed by atoms with van der Waals surface area (Å²) >= 11 is 5.35. The molecule has 3 aliphatic rings. The molecule has 0 radical (unpaired) electrons. The average molecular weight is 649 g/mol. The van der Waals surface area contributed by atoms with Crippen molar-refractivity contribution in [2.45, 2.75) is 60.4 Å². The number of alkyl halides is 1. The van der Waals surface area contributed by atoms with Gasteiger partial charge in [-0.05, 0) is 63.8 Å². The minimum Gasteiger partial charge on any atom is -0.465 e. The van der Waals surface area contributed by atoms with Gasteiger partial charge in [0.1, 0.15) is 6.04 Å². The lowest BCUT2D eigenvalue weighted by Crippen LogP contribution is -2.56. The van der Waals surface area contributed by atoms with E-state index in [1.807, 2.05) is 30.3 Å². The molecule has 0 aliphatic carbocycles. The lowest BCUT2D eigenvalue weighted by molar-refractivity contribution is -0.154. The van der Waals surface area contributed by atoms with Gasteiger partial charge in [0.15, 0.2) is 0 Å². The largest absolute Gasteiger partial charge is 0.465 e. The van der Waals surface area contributed by atoms with Crippen molar-refractivity contribution in [2.24, 2.45) is 11.8 Å². The predicted octanol–water partition coefficient (Wildman–Crippen LogP) is 4.41. The zero-order valence-corrected chi connectivity index (χ0v) is 26.4. The molecule has 1 aromatic rings. The Labute approximate surface area is 256 Å². The Morgan fingerprint density at radius 3 is 2.46 bits per heavy atom. The number of unbranched alkanes of at least 4 members (excludes halogenated alkanes) is 2. The van der Waals surface area contributed by atoms with Gasteiger partial charge in [0, 0.05) is 47.6 Å². The van der Waals surface area contributed by atoms with Gasteiger partial charge < -0.3 is 24.5 Å². The van der Waals surface area contributed by atoms with E-state index < -0.39 is 22.6 Å². The van der Waals surface area contributed by atoms with Crippen LogP contribution in [0, 0.1) is 11.8 Å². The van der Waals surface area contributed by atoms with E-state index in [0.717, 1.165) is 38.0 Å². The molecular weight excluding hydrogens is 606 g/mol. The number of carbonyl (C=O) groups is 3. The third-order valence-corrected chi connectivity index (χ3v) is 11.8. The first-order valence-electron chi connectivity index (χ1n) is 14.6. The van der Waals surface area contributed by atoms with Gasteiger partial charge in [-0.15, -0.1) is 24.9 Å². The minimum atomic E-state index is -0.824. The second kappa shape index (κ2) is 13.8. The Hall–Kier alpha value is -2.30. The lowest BCUT2D eigenvalue weighted by Gasteiger charge is -2.37. The lowest BCUT2D eigenvalue weighted by atomic mass is 9.71. The molecule has 10 heteroatoms. The normalized spacial score (nSPS) is 28.0. The number of anilines is 2. The molecule has 0 saturated carbocycles. The molecule has 1 N–H and O–H groups in total. The quantitative estimate of drug-likeness (QED) is 0.131. The number of thioether (sulfide) groups is 1. The van der Waals surface area contributed by atoms with E-state index in [0.29, 0.717) is 18.7 Å². The number of rotatable bonds is 15. The minimum absolute atomic E-state index is 0.0256. The number of ether oxygens (including phenoxy) is 1. The van der Waals surface area contributed by atoms with Crippen LogP contribution in [0.3, 0.4) is 0 Å². The van der Waals surface area contributed by atoms with Crippen LogP contribution in [0.4, 0.5) is 11.4 Å². The number of fused-ring (bicyclic) bond motifs is 1. The summed E-state index contributed by atoms with van der Waals surface area (Å²) in [6.45, 7) is 13.9. The number of benzene rings is 1. The van der Waals surface area contributed by atoms with Crippen LogP contribution < -0.4 is 9.80 Å². The summed E-state index contributed by atoms with van der Waals surface area (Å²) in [5, 5.41) is 9.75. The van der Waals surface area contributed by atoms with Crippen LogP contribution in [0.5, 0.6) is 0 Å². The number of β-amino-alcohol motifs (C(OH)–C–C–N with tert-alkyl or cyclic N) is 1. The Kier molecular flexibility index (Phi) is 10.6. The highest BCUT2D eigenvalue weighted by Gasteiger charge is 2.76. The maximum absolute atomic E-state index is 14.5. The van der Waals surface area contributed by atoms with Gasteiger partial charge in [0.2, 0.25) is 5.91 Å². The van der Waals surface area contributed by atoms with Crippen LogP contribution in [-0.4, -0.2) is 88.0 Å². The van der Waals surface area contributed by atoms with Gasteiger partial charge in [-0.2, -0.15) is 0 Å². The fraction of sp³-hybridized carbons (Fsp3) is 0.581. The monoisotopic (exact) mass is 647 g/mol. The molecule has 3 unspecified atom stereocenters. The molecule has 4 rings (SSSR count). The number of hydrogen-bond acceptors (Lipinski definition) is 7. The van der Waals surface area contributed by atoms with Gasteiger partial charge in [-0.25, -0.2) is 0 Å². The Morgan fingerprint density at radius 1 is 1.17 bits per heavy atom. The van der Waals surface area contributed by atoms with Crippen LogP contribution in [0.25, 0.3) is 0 Å². The Balaban J connectivity index is 1.65. The number of aliphatic hydroxyl groups excluding tert-OH is 1. The summed E-state index contributed by atoms with van der Waals surface area (Å²) in [5.74, 6) is -2.18. The number of allylic oxidation sites excluding steroid dienone is 1. The molecule has 3 saturated heterocycles. The van der Waals surface area contributed by atoms with E-state index >= 15 is 0 Å². The molecule has 41 heavy (non-hydrogen) atoms. The second-order valence-electron chi connectivity index (χ2n) is 10.8. The summed E-state index contributed by atoms with van der Waals surface area (Å²) in [7, 11) is 0. The first-order chi connectivity index (χ1) is 19.8. The van der Waals surface area contributed by atoms with Crippen LogP contribution >= 0.6 is 27.7 Å². The van der Waals surface area contributed by atoms with E-state index in [1.165, 1.54) is 4.90 Å². The maximum atomic E-state index is 14.5. The molecule has 8 nitrogen and oxygen atoms in total. The topological polar surface area (TPSA) is 90.4 Å². The number of amides is 2. The number of likely N-dealkylation sites (tertiary alicyclic amines) is 1. The van der Waals surface area contributed by atoms with Gasteiger partial charge in [-0.3, -0.25) is 14.4 Å². The van der Waals surface area contributed by atoms with Crippen LogP contribution in [0.2, 0.25) is 0 Å². The van der Waals surface area contributed by atoms with Crippen molar-refractivity contribution >= 4 is 56.9 Å². The standard InChI is InChI=1S/C31H42BrN3O5S/c1-5-9-10-11-19-40-30(39)24-25-28(37)35(17-18-36)27(31(25)20-23(32)26(24)41-31)29(38)34(16-6-2)22-14-12-21(13-15-22)33(7-3)8-4/h5-6,12-15,23-27,36H,1-2,7-11,16-20H2,3-4H3/t23?,24-,25+,26-,27?,31?/m1/s1. The molecule has 2 amide bonds. The fourth-order valence-corrected chi connectivity index (χ4v) is 10.3. The van der Waals surface area contributed by atoms with Crippen molar-refractivity contribution < 1.29 is 24.2 Å². The summed E-state index contributed by atoms with van der Waals surface area (Å²) in [5.41, 5.74) is 1.78. The molecule has 6 atom stereocenters. The summed E-state index contributed by atoms with van der Waals surface area (Å²) < 4.78 is 4.89. The van der Waals surface area contributed by atoms with Crippen LogP contribution in [0.1, 0.15) is 39.5 Å². The number of nitrogens with zero attached hydrogens (tertiary/aromatic N) is 3. The van der Waals surface area contributed by atoms with Gasteiger partial charge >= 0.3 is 5.97 Å². The van der Waals surface area contributed by atoms with Gasteiger partial charge in [0.25, 0.3) is 5.91 Å². The Morgan fingerprint density at radius 2 is 1.85 bits per heavy atom. The second-order valence-corrected chi connectivity index (χ2v) is 13.5. The highest BCUT2D eigenvalue weighted by molar-refractivity contribution is 9.09. The highest BCUT2D eigenvalue weighted by atomic mass is 79.9. The molecule has 3 fully saturated rings. The third kappa shape index (κ3) is 5.84. The average Bonchev–Trinajstić information content (AvgIpc) is 3.56. The first kappa shape index (κ1) is 31.6. The fourth-order valence-electron chi connectivity index (χ4n) is 6.72. The first-order valence-corrected chi connectivity index (χ1v) is 16.4. The van der Waals surface area contributed by atoms with E-state index in [1.54, 1.807) is 22.7 Å². The van der Waals surface area contributed by atoms with E-state index in [2.05, 4.69) is 47.8 Å². The molecule has 1 aromatic carbocycles. The van der Waals surface area contributed by atoms with E-state index in [4.69, 9.17) is 4.74 Å². The van der Waals surface area contributed by atoms with Crippen molar-refractivity contribution in [1.29, 1.82) is 0 Å². The van der Waals surface area contributed by atoms with Crippen molar-refractivity contribution in [1.82, 2.24) is 4.90 Å². The number of carbonyl (C=O) groups excluding carboxylic acids is 3. The summed E-state index contributed by atoms with van der Waals surface area (Å²) in [6, 6.07) is 7.04. The molecule has 3 heterocycles. The van der Waals surface area contributed by atoms with Crippen LogP contribution in [0.15, 0.2) is 49.6 Å². The molecular formula is C31H42BrN3O5S. The van der Waals surface area contributed by atoms with Gasteiger partial charge in [-0.1, -0.05) is 28.1 Å². The number of aliphatic hydroxyl groups is 1. The highest BCUT2D eigenvalue weighted by Crippen LogP contribution is 2.68. The summed E-state index contributed by atoms with van der Waals surface area (Å²) in [6.07, 6.45) is 6.55. The van der Waals surface area contributed by atoms with Crippen molar-refractivity contribution in [3.8, 4) is 0 Å². The Bertz CT molecular complexity index is 1130. The third-order valence-electron chi connectivity index (χ3n) is 8.55. The number of hydrogen-bond donors (Lipinski definition) is 1. The zero-order chi connectivity index (χ0) is 29.7. The molecule has 3 aliphatic heterocycles. The molecule has 224 valence electrons. The van der Waals surface area contributed by atoms with E-state index in [-0.39, 0.29) is 47.6 Å². The van der Waals surface area contributed by atoms with Crippen molar-refractivity contribution in [3.05, 3.63) is 49.6 Å². The van der Waals surface area contributed by atoms with Crippen molar-refractivity contribution in [2.75, 3.05) is 49.2 Å². The molecule has 0 aromatic heterocycles. The zero-order valence-electron chi connectivity index (χ0n) is 24.0.